The average molecular weight is 194 g/mol. The fourth-order valence-corrected chi connectivity index (χ4v) is 1.89. The Kier molecular flexibility index (Phi) is 2.98. The first-order chi connectivity index (χ1) is 6.43. The van der Waals surface area contributed by atoms with E-state index < -0.39 is 11.7 Å². The van der Waals surface area contributed by atoms with Crippen LogP contribution >= 0.6 is 0 Å². The molecule has 0 aromatic rings. The zero-order valence-electron chi connectivity index (χ0n) is 8.83. The molecular formula is C12H18O2. The Bertz CT molecular complexity index is 291. The van der Waals surface area contributed by atoms with Gasteiger partial charge in [-0.3, -0.25) is 0 Å². The standard InChI is InChI=1S/C12H18O2/c1-5-12(14)9(4)6-7-10(8(2)3)11(12)13/h5-6,10-11,13-14H,1-2,7H2,3-4H3/t10-,11-,12+/m1/s1. The predicted octanol–water partition coefficient (Wildman–Crippen LogP) is 1.81. The van der Waals surface area contributed by atoms with Crippen molar-refractivity contribution in [3.05, 3.63) is 36.5 Å². The lowest BCUT2D eigenvalue weighted by Gasteiger charge is -2.39. The van der Waals surface area contributed by atoms with Crippen LogP contribution in [0, 0.1) is 5.92 Å². The Hall–Kier alpha value is -0.860. The second-order valence-corrected chi connectivity index (χ2v) is 4.05. The van der Waals surface area contributed by atoms with Crippen LogP contribution in [-0.2, 0) is 0 Å². The zero-order valence-corrected chi connectivity index (χ0v) is 8.83. The summed E-state index contributed by atoms with van der Waals surface area (Å²) in [5.41, 5.74) is 0.362. The monoisotopic (exact) mass is 194 g/mol. The van der Waals surface area contributed by atoms with Gasteiger partial charge in [0.25, 0.3) is 0 Å². The molecule has 0 heterocycles. The van der Waals surface area contributed by atoms with Gasteiger partial charge in [0.15, 0.2) is 0 Å². The average Bonchev–Trinajstić information content (AvgIpc) is 2.14. The van der Waals surface area contributed by atoms with Gasteiger partial charge in [-0.1, -0.05) is 30.9 Å². The Balaban J connectivity index is 3.08. The van der Waals surface area contributed by atoms with Crippen molar-refractivity contribution in [1.82, 2.24) is 0 Å². The fourth-order valence-electron chi connectivity index (χ4n) is 1.89. The molecule has 0 aliphatic heterocycles. The summed E-state index contributed by atoms with van der Waals surface area (Å²) in [6, 6.07) is 0. The number of aliphatic hydroxyl groups is 2. The van der Waals surface area contributed by atoms with Gasteiger partial charge in [-0.2, -0.15) is 0 Å². The van der Waals surface area contributed by atoms with E-state index in [-0.39, 0.29) is 5.92 Å². The largest absolute Gasteiger partial charge is 0.389 e. The van der Waals surface area contributed by atoms with Gasteiger partial charge in [0.05, 0.1) is 6.10 Å². The lowest BCUT2D eigenvalue weighted by molar-refractivity contribution is -0.0436. The molecule has 2 N–H and O–H groups in total. The van der Waals surface area contributed by atoms with Crippen molar-refractivity contribution in [2.24, 2.45) is 5.92 Å². The van der Waals surface area contributed by atoms with Gasteiger partial charge in [0, 0.05) is 5.92 Å². The smallest absolute Gasteiger partial charge is 0.130 e. The molecule has 0 radical (unpaired) electrons. The molecule has 0 amide bonds. The SMILES string of the molecule is C=C[C@]1(O)C(C)=CC[C@H](C(=C)C)[C@H]1O. The van der Waals surface area contributed by atoms with Gasteiger partial charge in [-0.15, -0.1) is 0 Å². The maximum absolute atomic E-state index is 10.2. The minimum atomic E-state index is -1.29. The second-order valence-electron chi connectivity index (χ2n) is 4.05. The van der Waals surface area contributed by atoms with Gasteiger partial charge in [0.1, 0.15) is 5.60 Å². The maximum Gasteiger partial charge on any atom is 0.130 e. The number of rotatable bonds is 2. The van der Waals surface area contributed by atoms with Crippen LogP contribution in [0.4, 0.5) is 0 Å². The van der Waals surface area contributed by atoms with E-state index >= 15 is 0 Å². The summed E-state index contributed by atoms with van der Waals surface area (Å²) in [5.74, 6) is -0.0818. The van der Waals surface area contributed by atoms with E-state index in [1.807, 2.05) is 13.0 Å². The molecule has 0 aromatic carbocycles. The van der Waals surface area contributed by atoms with Crippen molar-refractivity contribution < 1.29 is 10.2 Å². The first-order valence-electron chi connectivity index (χ1n) is 4.80. The van der Waals surface area contributed by atoms with Gasteiger partial charge in [0.2, 0.25) is 0 Å². The fraction of sp³-hybridized carbons (Fsp3) is 0.500. The van der Waals surface area contributed by atoms with E-state index in [1.54, 1.807) is 6.92 Å². The first-order valence-corrected chi connectivity index (χ1v) is 4.80. The normalized spacial score (nSPS) is 37.6. The van der Waals surface area contributed by atoms with E-state index in [4.69, 9.17) is 0 Å². The Morgan fingerprint density at radius 2 is 2.29 bits per heavy atom. The van der Waals surface area contributed by atoms with Crippen LogP contribution in [-0.4, -0.2) is 21.9 Å². The Morgan fingerprint density at radius 1 is 1.71 bits per heavy atom. The van der Waals surface area contributed by atoms with E-state index in [9.17, 15) is 10.2 Å². The molecule has 2 heteroatoms. The molecule has 1 rings (SSSR count). The molecule has 14 heavy (non-hydrogen) atoms. The summed E-state index contributed by atoms with van der Waals surface area (Å²) < 4.78 is 0. The number of hydrogen-bond acceptors (Lipinski definition) is 2. The van der Waals surface area contributed by atoms with E-state index in [2.05, 4.69) is 13.2 Å². The number of aliphatic hydroxyl groups excluding tert-OH is 1. The van der Waals surface area contributed by atoms with Gasteiger partial charge in [-0.05, 0) is 25.8 Å². The lowest BCUT2D eigenvalue weighted by Crippen LogP contribution is -2.48. The molecule has 0 saturated heterocycles. The van der Waals surface area contributed by atoms with Crippen LogP contribution in [0.3, 0.4) is 0 Å². The first kappa shape index (κ1) is 11.2. The van der Waals surface area contributed by atoms with Crippen molar-refractivity contribution in [1.29, 1.82) is 0 Å². The molecule has 0 saturated carbocycles. The van der Waals surface area contributed by atoms with Crippen LogP contribution in [0.25, 0.3) is 0 Å². The summed E-state index contributed by atoms with van der Waals surface area (Å²) in [4.78, 5) is 0. The highest BCUT2D eigenvalue weighted by atomic mass is 16.3. The summed E-state index contributed by atoms with van der Waals surface area (Å²) in [7, 11) is 0. The predicted molar refractivity (Wildman–Crippen MR) is 57.8 cm³/mol. The quantitative estimate of drug-likeness (QED) is 0.658. The van der Waals surface area contributed by atoms with E-state index in [0.29, 0.717) is 0 Å². The number of hydrogen-bond donors (Lipinski definition) is 2. The Labute approximate surface area is 85.3 Å². The van der Waals surface area contributed by atoms with Crippen LogP contribution in [0.1, 0.15) is 20.3 Å². The maximum atomic E-state index is 10.2. The highest BCUT2D eigenvalue weighted by Crippen LogP contribution is 2.36. The number of allylic oxidation sites excluding steroid dienone is 1. The van der Waals surface area contributed by atoms with Crippen molar-refractivity contribution in [2.45, 2.75) is 32.0 Å². The van der Waals surface area contributed by atoms with Crippen molar-refractivity contribution in [2.75, 3.05) is 0 Å². The zero-order chi connectivity index (χ0) is 10.9. The molecule has 0 aromatic heterocycles. The molecule has 0 unspecified atom stereocenters. The molecule has 1 aliphatic rings. The lowest BCUT2D eigenvalue weighted by atomic mass is 9.73. The summed E-state index contributed by atoms with van der Waals surface area (Å²) in [6.45, 7) is 11.1. The van der Waals surface area contributed by atoms with Crippen molar-refractivity contribution >= 4 is 0 Å². The van der Waals surface area contributed by atoms with Gasteiger partial charge >= 0.3 is 0 Å². The molecule has 2 nitrogen and oxygen atoms in total. The Morgan fingerprint density at radius 3 is 2.71 bits per heavy atom. The third-order valence-corrected chi connectivity index (χ3v) is 3.09. The third kappa shape index (κ3) is 1.56. The molecule has 3 atom stereocenters. The summed E-state index contributed by atoms with van der Waals surface area (Å²) >= 11 is 0. The molecule has 0 bridgehead atoms. The molecule has 1 aliphatic carbocycles. The van der Waals surface area contributed by atoms with Crippen molar-refractivity contribution in [3.63, 3.8) is 0 Å². The minimum Gasteiger partial charge on any atom is -0.389 e. The molecular weight excluding hydrogens is 176 g/mol. The minimum absolute atomic E-state index is 0.0818. The van der Waals surface area contributed by atoms with Crippen LogP contribution in [0.15, 0.2) is 36.5 Å². The molecule has 0 fully saturated rings. The summed E-state index contributed by atoms with van der Waals surface area (Å²) in [5, 5.41) is 20.2. The third-order valence-electron chi connectivity index (χ3n) is 3.09. The molecule has 78 valence electrons. The van der Waals surface area contributed by atoms with Crippen molar-refractivity contribution in [3.8, 4) is 0 Å². The van der Waals surface area contributed by atoms with E-state index in [1.165, 1.54) is 6.08 Å². The highest BCUT2D eigenvalue weighted by Gasteiger charge is 2.41. The van der Waals surface area contributed by atoms with Crippen LogP contribution in [0.5, 0.6) is 0 Å². The second kappa shape index (κ2) is 3.71. The topological polar surface area (TPSA) is 40.5 Å². The van der Waals surface area contributed by atoms with Crippen LogP contribution < -0.4 is 0 Å². The van der Waals surface area contributed by atoms with Crippen LogP contribution in [0.2, 0.25) is 0 Å². The van der Waals surface area contributed by atoms with E-state index in [0.717, 1.165) is 17.6 Å². The summed E-state index contributed by atoms with van der Waals surface area (Å²) in [6.07, 6.45) is 3.24. The molecule has 0 spiro atoms. The van der Waals surface area contributed by atoms with Gasteiger partial charge < -0.3 is 10.2 Å². The van der Waals surface area contributed by atoms with Gasteiger partial charge in [-0.25, -0.2) is 0 Å². The highest BCUT2D eigenvalue weighted by molar-refractivity contribution is 5.30.